The lowest BCUT2D eigenvalue weighted by molar-refractivity contribution is 0.656. The number of para-hydroxylation sites is 1. The fourth-order valence-corrected chi connectivity index (χ4v) is 11.6. The Morgan fingerprint density at radius 1 is 0.475 bits per heavy atom. The number of fused-ring (bicyclic) bond motifs is 12. The van der Waals surface area contributed by atoms with Gasteiger partial charge in [-0.2, -0.15) is 0 Å². The normalized spacial score (nSPS) is 18.7. The van der Waals surface area contributed by atoms with Crippen LogP contribution in [0.2, 0.25) is 0 Å². The summed E-state index contributed by atoms with van der Waals surface area (Å²) in [7, 11) is 0. The topological polar surface area (TPSA) is 3.24 Å². The number of hydrogen-bond donors (Lipinski definition) is 0. The van der Waals surface area contributed by atoms with Gasteiger partial charge in [-0.25, -0.2) is 0 Å². The molecule has 1 unspecified atom stereocenters. The van der Waals surface area contributed by atoms with Crippen molar-refractivity contribution in [3.05, 3.63) is 233 Å². The molecule has 1 spiro atoms. The van der Waals surface area contributed by atoms with Crippen molar-refractivity contribution >= 4 is 28.2 Å². The van der Waals surface area contributed by atoms with Crippen LogP contribution in [0.15, 0.2) is 199 Å². The third-order valence-electron chi connectivity index (χ3n) is 14.0. The average molecular weight is 756 g/mol. The minimum atomic E-state index is -0.354. The van der Waals surface area contributed by atoms with Crippen molar-refractivity contribution in [2.45, 2.75) is 50.4 Å². The van der Waals surface area contributed by atoms with Crippen molar-refractivity contribution in [2.24, 2.45) is 0 Å². The van der Waals surface area contributed by atoms with Crippen LogP contribution in [0.3, 0.4) is 0 Å². The van der Waals surface area contributed by atoms with Gasteiger partial charge in [0.15, 0.2) is 0 Å². The summed E-state index contributed by atoms with van der Waals surface area (Å²) in [6.45, 7) is 4.86. The van der Waals surface area contributed by atoms with Crippen molar-refractivity contribution in [1.29, 1.82) is 0 Å². The summed E-state index contributed by atoms with van der Waals surface area (Å²) in [6, 6.07) is 61.8. The second-order valence-electron chi connectivity index (χ2n) is 17.3. The third-order valence-corrected chi connectivity index (χ3v) is 14.0. The van der Waals surface area contributed by atoms with Gasteiger partial charge in [0.2, 0.25) is 0 Å². The lowest BCUT2D eigenvalue weighted by Crippen LogP contribution is -2.28. The van der Waals surface area contributed by atoms with Gasteiger partial charge in [0.05, 0.1) is 11.1 Å². The van der Waals surface area contributed by atoms with Gasteiger partial charge >= 0.3 is 0 Å². The number of nitrogens with zero attached hydrogens (tertiary/aromatic N) is 1. The number of allylic oxidation sites excluding steroid dienone is 8. The molecule has 12 rings (SSSR count). The molecular weight excluding hydrogens is 711 g/mol. The second-order valence-corrected chi connectivity index (χ2v) is 17.3. The average Bonchev–Trinajstić information content (AvgIpc) is 3.85. The maximum absolute atomic E-state index is 2.57. The summed E-state index contributed by atoms with van der Waals surface area (Å²) in [5, 5.41) is 0. The first-order valence-electron chi connectivity index (χ1n) is 21.4. The number of anilines is 3. The highest BCUT2D eigenvalue weighted by molar-refractivity contribution is 6.01. The third kappa shape index (κ3) is 4.79. The van der Waals surface area contributed by atoms with Crippen LogP contribution in [0, 0.1) is 0 Å². The minimum absolute atomic E-state index is 0.112. The van der Waals surface area contributed by atoms with Crippen LogP contribution in [0.1, 0.15) is 72.9 Å². The SMILES string of the molecule is CC1(C)C2=CCCC=C2c2cc(N(c3ccc4c(c3)C3(C5=C(C=CCC5)c5ccccc53)c3ccccc3-4)c3ccccc3-c3ccccc3)cc(-c3ccccc3)c21. The Morgan fingerprint density at radius 2 is 1.08 bits per heavy atom. The highest BCUT2D eigenvalue weighted by Crippen LogP contribution is 2.64. The molecule has 0 radical (unpaired) electrons. The monoisotopic (exact) mass is 755 g/mol. The Kier molecular flexibility index (Phi) is 7.51. The highest BCUT2D eigenvalue weighted by atomic mass is 15.1. The minimum Gasteiger partial charge on any atom is -0.310 e. The fourth-order valence-electron chi connectivity index (χ4n) is 11.6. The van der Waals surface area contributed by atoms with Gasteiger partial charge < -0.3 is 4.90 Å². The molecule has 0 fully saturated rings. The van der Waals surface area contributed by atoms with Crippen molar-refractivity contribution in [3.63, 3.8) is 0 Å². The van der Waals surface area contributed by atoms with E-state index in [2.05, 4.69) is 207 Å². The Labute approximate surface area is 348 Å². The standard InChI is InChI=1S/C58H45N/c1-57(2)50-28-14-9-27-46(50)49-36-41(35-48(56(49)57)39-21-7-4-8-22-39)59(55-32-18-13-23-42(55)38-19-5-3-6-20-38)40-33-34-47-45-26-12-17-31-53(45)58(54(47)37-40)51-29-15-10-24-43(51)44-25-11-16-30-52(44)58/h3-8,10-13,15,17-29,31-37H,9,14,16,30H2,1-2H3. The molecule has 0 saturated carbocycles. The summed E-state index contributed by atoms with van der Waals surface area (Å²) in [4.78, 5) is 2.57. The highest BCUT2D eigenvalue weighted by Gasteiger charge is 2.52. The van der Waals surface area contributed by atoms with Gasteiger partial charge in [0, 0.05) is 22.4 Å². The number of rotatable bonds is 5. The lowest BCUT2D eigenvalue weighted by atomic mass is 9.68. The molecule has 0 saturated heterocycles. The van der Waals surface area contributed by atoms with Crippen LogP contribution in [0.4, 0.5) is 17.1 Å². The molecule has 0 heterocycles. The molecule has 0 aliphatic heterocycles. The first-order chi connectivity index (χ1) is 29.0. The zero-order valence-electron chi connectivity index (χ0n) is 33.7. The second kappa shape index (κ2) is 12.9. The fraction of sp³-hybridized carbons (Fsp3) is 0.138. The van der Waals surface area contributed by atoms with Crippen LogP contribution >= 0.6 is 0 Å². The van der Waals surface area contributed by atoms with E-state index in [9.17, 15) is 0 Å². The zero-order valence-corrected chi connectivity index (χ0v) is 33.7. The first kappa shape index (κ1) is 34.4. The van der Waals surface area contributed by atoms with E-state index in [-0.39, 0.29) is 10.8 Å². The van der Waals surface area contributed by atoms with Crippen molar-refractivity contribution < 1.29 is 0 Å². The molecule has 59 heavy (non-hydrogen) atoms. The summed E-state index contributed by atoms with van der Waals surface area (Å²) in [6.07, 6.45) is 14.1. The van der Waals surface area contributed by atoms with Gasteiger partial charge in [-0.3, -0.25) is 0 Å². The first-order valence-corrected chi connectivity index (χ1v) is 21.4. The molecule has 5 aliphatic rings. The van der Waals surface area contributed by atoms with Gasteiger partial charge in [-0.15, -0.1) is 0 Å². The predicted octanol–water partition coefficient (Wildman–Crippen LogP) is 15.3. The van der Waals surface area contributed by atoms with E-state index in [1.165, 1.54) is 106 Å². The van der Waals surface area contributed by atoms with E-state index < -0.39 is 0 Å². The van der Waals surface area contributed by atoms with E-state index in [0.29, 0.717) is 0 Å². The van der Waals surface area contributed by atoms with Gasteiger partial charge in [-0.1, -0.05) is 172 Å². The van der Waals surface area contributed by atoms with Crippen molar-refractivity contribution in [1.82, 2.24) is 0 Å². The molecule has 7 aromatic carbocycles. The van der Waals surface area contributed by atoms with E-state index in [4.69, 9.17) is 0 Å². The van der Waals surface area contributed by atoms with Gasteiger partial charge in [-0.05, 0) is 140 Å². The van der Waals surface area contributed by atoms with E-state index >= 15 is 0 Å². The Morgan fingerprint density at radius 3 is 1.86 bits per heavy atom. The van der Waals surface area contributed by atoms with Crippen LogP contribution in [0.5, 0.6) is 0 Å². The Balaban J connectivity index is 1.17. The zero-order chi connectivity index (χ0) is 39.3. The molecule has 1 atom stereocenters. The Hall–Kier alpha value is -6.70. The summed E-state index contributed by atoms with van der Waals surface area (Å²) in [5.74, 6) is 0. The molecule has 1 heteroatoms. The Bertz CT molecular complexity index is 3010. The largest absolute Gasteiger partial charge is 0.310 e. The maximum atomic E-state index is 2.57. The molecule has 7 aromatic rings. The lowest BCUT2D eigenvalue weighted by Gasteiger charge is -2.35. The molecule has 5 aliphatic carbocycles. The van der Waals surface area contributed by atoms with Crippen molar-refractivity contribution in [2.75, 3.05) is 4.90 Å². The summed E-state index contributed by atoms with van der Waals surface area (Å²) in [5.41, 5.74) is 24.9. The van der Waals surface area contributed by atoms with E-state index in [0.717, 1.165) is 25.7 Å². The van der Waals surface area contributed by atoms with Gasteiger partial charge in [0.1, 0.15) is 0 Å². The number of benzene rings is 7. The van der Waals surface area contributed by atoms with E-state index in [1.807, 2.05) is 0 Å². The van der Waals surface area contributed by atoms with Crippen molar-refractivity contribution in [3.8, 4) is 33.4 Å². The smallest absolute Gasteiger partial charge is 0.0689 e. The molecule has 0 bridgehead atoms. The molecule has 0 amide bonds. The van der Waals surface area contributed by atoms with Crippen LogP contribution in [0.25, 0.3) is 44.5 Å². The molecule has 0 N–H and O–H groups in total. The molecule has 0 aromatic heterocycles. The van der Waals surface area contributed by atoms with Crippen LogP contribution in [-0.2, 0) is 10.8 Å². The quantitative estimate of drug-likeness (QED) is 0.169. The predicted molar refractivity (Wildman–Crippen MR) is 247 cm³/mol. The molecule has 1 nitrogen and oxygen atoms in total. The number of hydrogen-bond acceptors (Lipinski definition) is 1. The summed E-state index contributed by atoms with van der Waals surface area (Å²) >= 11 is 0. The van der Waals surface area contributed by atoms with Gasteiger partial charge in [0.25, 0.3) is 0 Å². The summed E-state index contributed by atoms with van der Waals surface area (Å²) < 4.78 is 0. The van der Waals surface area contributed by atoms with Crippen LogP contribution in [-0.4, -0.2) is 0 Å². The van der Waals surface area contributed by atoms with E-state index in [1.54, 1.807) is 0 Å². The molecular formula is C58H45N. The molecule has 282 valence electrons. The van der Waals surface area contributed by atoms with Crippen LogP contribution < -0.4 is 4.90 Å². The maximum Gasteiger partial charge on any atom is 0.0689 e.